The molecule has 0 saturated heterocycles. The fourth-order valence-corrected chi connectivity index (χ4v) is 7.14. The van der Waals surface area contributed by atoms with Gasteiger partial charge in [0.05, 0.1) is 165 Å². The van der Waals surface area contributed by atoms with Gasteiger partial charge in [-0.2, -0.15) is 0 Å². The Hall–Kier alpha value is -1.21. The molecule has 0 fully saturated rings. The lowest BCUT2D eigenvalue weighted by molar-refractivity contribution is -0.130. The molecule has 0 radical (unpaired) electrons. The number of nitrogens with two attached hydrogens (primary N) is 1. The summed E-state index contributed by atoms with van der Waals surface area (Å²) in [4.78, 5) is 12.2. The Morgan fingerprint density at radius 2 is 0.590 bits per heavy atom. The molecule has 1 amide bonds. The van der Waals surface area contributed by atoms with Gasteiger partial charge in [0.1, 0.15) is 6.61 Å². The maximum absolute atomic E-state index is 12.2. The zero-order chi connectivity index (χ0) is 58.0. The molecular formula is C59H122N4O15. The normalized spacial score (nSPS) is 17.2. The third-order valence-electron chi connectivity index (χ3n) is 12.2. The SMILES string of the molecule is CCCCCCCCOCC(C)OCC(C)OCC(C)OCC(C)OCC(C)OCC(C)OCC(C)OCC(C)OCC(C)OCC(C)OCC(C)OCC(C)OCC(C)OCC(=O)NCCCNCCCCNCCCN. The third kappa shape index (κ3) is 52.8. The van der Waals surface area contributed by atoms with Crippen molar-refractivity contribution in [3.05, 3.63) is 0 Å². The highest BCUT2D eigenvalue weighted by molar-refractivity contribution is 5.77. The summed E-state index contributed by atoms with van der Waals surface area (Å²) in [6, 6.07) is 0. The molecule has 0 heterocycles. The molecule has 0 aliphatic rings. The van der Waals surface area contributed by atoms with E-state index in [1.165, 1.54) is 32.1 Å². The summed E-state index contributed by atoms with van der Waals surface area (Å²) >= 11 is 0. The minimum Gasteiger partial charge on any atom is -0.379 e. The van der Waals surface area contributed by atoms with E-state index in [4.69, 9.17) is 72.0 Å². The van der Waals surface area contributed by atoms with Crippen LogP contribution in [0.15, 0.2) is 0 Å². The van der Waals surface area contributed by atoms with E-state index in [0.29, 0.717) is 92.4 Å². The highest BCUT2D eigenvalue weighted by Crippen LogP contribution is 2.09. The molecule has 0 aromatic carbocycles. The lowest BCUT2D eigenvalue weighted by atomic mass is 10.1. The number of unbranched alkanes of at least 4 members (excludes halogenated alkanes) is 6. The van der Waals surface area contributed by atoms with E-state index in [1.807, 2.05) is 90.0 Å². The summed E-state index contributed by atoms with van der Waals surface area (Å²) in [7, 11) is 0. The summed E-state index contributed by atoms with van der Waals surface area (Å²) in [6.07, 6.45) is 10.5. The number of rotatable bonds is 60. The van der Waals surface area contributed by atoms with Crippen LogP contribution >= 0.6 is 0 Å². The zero-order valence-electron chi connectivity index (χ0n) is 52.1. The molecule has 0 saturated carbocycles. The smallest absolute Gasteiger partial charge is 0.246 e. The number of carbonyl (C=O) groups excluding carboxylic acids is 1. The third-order valence-corrected chi connectivity index (χ3v) is 12.2. The Morgan fingerprint density at radius 3 is 0.910 bits per heavy atom. The van der Waals surface area contributed by atoms with Gasteiger partial charge in [-0.05, 0) is 155 Å². The van der Waals surface area contributed by atoms with E-state index < -0.39 is 0 Å². The molecule has 19 nitrogen and oxygen atoms in total. The van der Waals surface area contributed by atoms with Gasteiger partial charge in [0.25, 0.3) is 0 Å². The standard InChI is InChI=1S/C59H122N4O15/c1-15-16-17-18-19-22-31-65-32-46(2)66-33-47(3)67-34-48(4)68-35-49(5)69-36-50(6)70-37-51(7)71-38-52(8)72-39-53(9)73-40-54(10)74-41-55(11)75-42-56(12)76-43-57(13)77-44-58(14)78-45-59(64)63-30-24-29-62-27-21-20-26-61-28-23-25-60/h46-58,61-62H,15-45,60H2,1-14H3,(H,63,64). The molecule has 0 aromatic heterocycles. The second kappa shape index (κ2) is 53.8. The topological polar surface area (TPSA) is 208 Å². The van der Waals surface area contributed by atoms with Crippen LogP contribution in [0.25, 0.3) is 0 Å². The second-order valence-corrected chi connectivity index (χ2v) is 21.7. The lowest BCUT2D eigenvalue weighted by Crippen LogP contribution is -2.33. The number of hydrogen-bond donors (Lipinski definition) is 4. The van der Waals surface area contributed by atoms with Crippen LogP contribution < -0.4 is 21.7 Å². The van der Waals surface area contributed by atoms with E-state index >= 15 is 0 Å². The van der Waals surface area contributed by atoms with Crippen LogP contribution in [0.1, 0.15) is 161 Å². The zero-order valence-corrected chi connectivity index (χ0v) is 52.1. The van der Waals surface area contributed by atoms with Crippen LogP contribution in [0.5, 0.6) is 0 Å². The average molecular weight is 1130 g/mol. The predicted octanol–water partition coefficient (Wildman–Crippen LogP) is 7.44. The first kappa shape index (κ1) is 76.8. The molecule has 19 heteroatoms. The van der Waals surface area contributed by atoms with Gasteiger partial charge in [0.15, 0.2) is 0 Å². The molecular weight excluding hydrogens is 1000 g/mol. The van der Waals surface area contributed by atoms with Crippen molar-refractivity contribution in [1.82, 2.24) is 16.0 Å². The Bertz CT molecular complexity index is 1290. The predicted molar refractivity (Wildman–Crippen MR) is 311 cm³/mol. The monoisotopic (exact) mass is 1130 g/mol. The van der Waals surface area contributed by atoms with Gasteiger partial charge in [-0.15, -0.1) is 0 Å². The van der Waals surface area contributed by atoms with Crippen molar-refractivity contribution in [3.63, 3.8) is 0 Å². The van der Waals surface area contributed by atoms with Crippen molar-refractivity contribution < 1.29 is 71.1 Å². The number of ether oxygens (including phenoxy) is 14. The quantitative estimate of drug-likeness (QED) is 0.0436. The van der Waals surface area contributed by atoms with Crippen molar-refractivity contribution in [2.75, 3.05) is 138 Å². The lowest BCUT2D eigenvalue weighted by Gasteiger charge is -2.23. The molecule has 0 spiro atoms. The summed E-state index contributed by atoms with van der Waals surface area (Å²) in [5, 5.41) is 9.73. The summed E-state index contributed by atoms with van der Waals surface area (Å²) in [6.45, 7) is 40.0. The summed E-state index contributed by atoms with van der Waals surface area (Å²) < 4.78 is 83.2. The number of nitrogens with one attached hydrogen (secondary N) is 3. The molecule has 0 aromatic rings. The van der Waals surface area contributed by atoms with Crippen molar-refractivity contribution in [1.29, 1.82) is 0 Å². The Morgan fingerprint density at radius 1 is 0.321 bits per heavy atom. The van der Waals surface area contributed by atoms with Crippen LogP contribution in [-0.2, 0) is 71.1 Å². The molecule has 0 bridgehead atoms. The van der Waals surface area contributed by atoms with Gasteiger partial charge in [0.2, 0.25) is 5.91 Å². The van der Waals surface area contributed by atoms with Gasteiger partial charge in [-0.1, -0.05) is 39.0 Å². The molecule has 468 valence electrons. The van der Waals surface area contributed by atoms with Crippen LogP contribution in [0.4, 0.5) is 0 Å². The maximum Gasteiger partial charge on any atom is 0.246 e. The molecule has 0 rings (SSSR count). The van der Waals surface area contributed by atoms with E-state index in [9.17, 15) is 4.79 Å². The fraction of sp³-hybridized carbons (Fsp3) is 0.983. The van der Waals surface area contributed by atoms with Gasteiger partial charge < -0.3 is 88.0 Å². The molecule has 0 aliphatic heterocycles. The van der Waals surface area contributed by atoms with Gasteiger partial charge >= 0.3 is 0 Å². The minimum absolute atomic E-state index is 0.00584. The second-order valence-electron chi connectivity index (χ2n) is 21.7. The van der Waals surface area contributed by atoms with Crippen LogP contribution in [0.3, 0.4) is 0 Å². The van der Waals surface area contributed by atoms with E-state index in [1.54, 1.807) is 0 Å². The number of amides is 1. The minimum atomic E-state index is -0.223. The van der Waals surface area contributed by atoms with Crippen LogP contribution in [0.2, 0.25) is 0 Å². The van der Waals surface area contributed by atoms with Gasteiger partial charge in [0, 0.05) is 13.2 Å². The summed E-state index contributed by atoms with van der Waals surface area (Å²) in [5.41, 5.74) is 5.50. The molecule has 0 aliphatic carbocycles. The maximum atomic E-state index is 12.2. The first-order valence-corrected chi connectivity index (χ1v) is 30.4. The van der Waals surface area contributed by atoms with Crippen LogP contribution in [-0.4, -0.2) is 224 Å². The summed E-state index contributed by atoms with van der Waals surface area (Å²) in [5.74, 6) is -0.122. The van der Waals surface area contributed by atoms with E-state index in [0.717, 1.165) is 71.4 Å². The Balaban J connectivity index is 3.92. The molecule has 13 atom stereocenters. The van der Waals surface area contributed by atoms with Gasteiger partial charge in [-0.25, -0.2) is 0 Å². The van der Waals surface area contributed by atoms with E-state index in [-0.39, 0.29) is 91.9 Å². The van der Waals surface area contributed by atoms with Crippen molar-refractivity contribution >= 4 is 5.91 Å². The fourth-order valence-electron chi connectivity index (χ4n) is 7.14. The Kier molecular flexibility index (Phi) is 52.9. The number of carbonyl (C=O) groups is 1. The molecule has 78 heavy (non-hydrogen) atoms. The van der Waals surface area contributed by atoms with Crippen molar-refractivity contribution in [3.8, 4) is 0 Å². The highest BCUT2D eigenvalue weighted by Gasteiger charge is 2.18. The Labute approximate surface area is 476 Å². The van der Waals surface area contributed by atoms with Crippen molar-refractivity contribution in [2.45, 2.75) is 240 Å². The first-order chi connectivity index (χ1) is 37.4. The number of hydrogen-bond acceptors (Lipinski definition) is 18. The first-order valence-electron chi connectivity index (χ1n) is 30.4. The average Bonchev–Trinajstić information content (AvgIpc) is 3.42. The largest absolute Gasteiger partial charge is 0.379 e. The van der Waals surface area contributed by atoms with Crippen LogP contribution in [0, 0.1) is 0 Å². The van der Waals surface area contributed by atoms with Gasteiger partial charge in [-0.3, -0.25) is 4.79 Å². The molecule has 13 unspecified atom stereocenters. The molecule has 5 N–H and O–H groups in total. The van der Waals surface area contributed by atoms with Crippen molar-refractivity contribution in [2.24, 2.45) is 5.73 Å². The highest BCUT2D eigenvalue weighted by atomic mass is 16.6. The van der Waals surface area contributed by atoms with E-state index in [2.05, 4.69) is 22.9 Å².